The van der Waals surface area contributed by atoms with Crippen LogP contribution in [0.4, 0.5) is 5.82 Å². The Morgan fingerprint density at radius 3 is 2.24 bits per heavy atom. The van der Waals surface area contributed by atoms with Gasteiger partial charge in [0.25, 0.3) is 10.0 Å². The molecule has 0 aliphatic carbocycles. The van der Waals surface area contributed by atoms with Crippen molar-refractivity contribution in [3.8, 4) is 17.0 Å². The first-order valence-electron chi connectivity index (χ1n) is 7.86. The van der Waals surface area contributed by atoms with Gasteiger partial charge in [0.1, 0.15) is 5.82 Å². The van der Waals surface area contributed by atoms with E-state index in [9.17, 15) is 8.42 Å². The van der Waals surface area contributed by atoms with Gasteiger partial charge in [-0.3, -0.25) is 4.72 Å². The number of rotatable bonds is 6. The van der Waals surface area contributed by atoms with Crippen LogP contribution in [0.2, 0.25) is 0 Å². The van der Waals surface area contributed by atoms with Gasteiger partial charge in [-0.1, -0.05) is 48.5 Å². The molecule has 0 unspecified atom stereocenters. The summed E-state index contributed by atoms with van der Waals surface area (Å²) >= 11 is 0. The molecule has 0 atom stereocenters. The largest absolute Gasteiger partial charge is 0.478 e. The summed E-state index contributed by atoms with van der Waals surface area (Å²) in [5.74, 6) is 0.597. The maximum Gasteiger partial charge on any atom is 0.263 e. The molecule has 1 aromatic heterocycles. The Morgan fingerprint density at radius 1 is 0.880 bits per heavy atom. The van der Waals surface area contributed by atoms with Gasteiger partial charge in [0, 0.05) is 6.07 Å². The molecular formula is C19H18N2O3S. The number of hydrogen-bond donors (Lipinski definition) is 1. The van der Waals surface area contributed by atoms with Crippen molar-refractivity contribution in [1.82, 2.24) is 4.98 Å². The normalized spacial score (nSPS) is 11.1. The summed E-state index contributed by atoms with van der Waals surface area (Å²) < 4.78 is 32.8. The molecule has 2 aromatic carbocycles. The van der Waals surface area contributed by atoms with Crippen LogP contribution in [0.25, 0.3) is 11.1 Å². The van der Waals surface area contributed by atoms with Gasteiger partial charge in [-0.05, 0) is 36.2 Å². The maximum atomic E-state index is 12.5. The highest BCUT2D eigenvalue weighted by molar-refractivity contribution is 7.92. The van der Waals surface area contributed by atoms with Crippen molar-refractivity contribution >= 4 is 15.8 Å². The lowest BCUT2D eigenvalue weighted by atomic mass is 10.1. The van der Waals surface area contributed by atoms with Crippen LogP contribution in [0.1, 0.15) is 6.92 Å². The summed E-state index contributed by atoms with van der Waals surface area (Å²) in [5, 5.41) is 0. The van der Waals surface area contributed by atoms with Gasteiger partial charge >= 0.3 is 0 Å². The predicted octanol–water partition coefficient (Wildman–Crippen LogP) is 3.95. The first-order valence-corrected chi connectivity index (χ1v) is 9.35. The summed E-state index contributed by atoms with van der Waals surface area (Å²) in [6.45, 7) is 2.30. The quantitative estimate of drug-likeness (QED) is 0.728. The smallest absolute Gasteiger partial charge is 0.263 e. The maximum absolute atomic E-state index is 12.5. The monoisotopic (exact) mass is 354 g/mol. The van der Waals surface area contributed by atoms with Gasteiger partial charge in [0.2, 0.25) is 5.88 Å². The molecule has 0 aliphatic heterocycles. The number of hydrogen-bond acceptors (Lipinski definition) is 4. The molecule has 0 saturated carbocycles. The van der Waals surface area contributed by atoms with E-state index >= 15 is 0 Å². The highest BCUT2D eigenvalue weighted by Gasteiger charge is 2.15. The third-order valence-electron chi connectivity index (χ3n) is 3.53. The van der Waals surface area contributed by atoms with Crippen LogP contribution in [-0.2, 0) is 10.0 Å². The SMILES string of the molecule is CCOc1cccc(NS(=O)(=O)c2ccc(-c3ccccc3)cc2)n1. The van der Waals surface area contributed by atoms with Crippen LogP contribution in [-0.4, -0.2) is 20.0 Å². The zero-order valence-corrected chi connectivity index (χ0v) is 14.5. The minimum Gasteiger partial charge on any atom is -0.478 e. The number of nitrogens with zero attached hydrogens (tertiary/aromatic N) is 1. The minimum absolute atomic E-state index is 0.177. The standard InChI is InChI=1S/C19H18N2O3S/c1-2-24-19-10-6-9-18(20-19)21-25(22,23)17-13-11-16(12-14-17)15-7-4-3-5-8-15/h3-14H,2H2,1H3,(H,20,21). The van der Waals surface area contributed by atoms with Gasteiger partial charge in [-0.15, -0.1) is 0 Å². The summed E-state index contributed by atoms with van der Waals surface area (Å²) in [5.41, 5.74) is 1.99. The fraction of sp³-hybridized carbons (Fsp3) is 0.105. The van der Waals surface area contributed by atoms with Crippen molar-refractivity contribution in [1.29, 1.82) is 0 Å². The second-order valence-electron chi connectivity index (χ2n) is 5.29. The van der Waals surface area contributed by atoms with E-state index in [1.54, 1.807) is 42.5 Å². The van der Waals surface area contributed by atoms with Crippen molar-refractivity contribution in [2.24, 2.45) is 0 Å². The van der Waals surface area contributed by atoms with Gasteiger partial charge in [0.05, 0.1) is 11.5 Å². The molecule has 3 aromatic rings. The van der Waals surface area contributed by atoms with Crippen molar-refractivity contribution in [2.75, 3.05) is 11.3 Å². The van der Waals surface area contributed by atoms with E-state index in [1.807, 2.05) is 37.3 Å². The molecule has 0 radical (unpaired) electrons. The molecule has 0 bridgehead atoms. The lowest BCUT2D eigenvalue weighted by Crippen LogP contribution is -2.14. The van der Waals surface area contributed by atoms with Gasteiger partial charge in [-0.25, -0.2) is 8.42 Å². The summed E-state index contributed by atoms with van der Waals surface area (Å²) in [6.07, 6.45) is 0. The number of sulfonamides is 1. The second kappa shape index (κ2) is 7.36. The Balaban J connectivity index is 1.81. The molecule has 0 saturated heterocycles. The number of pyridine rings is 1. The lowest BCUT2D eigenvalue weighted by molar-refractivity contribution is 0.327. The fourth-order valence-electron chi connectivity index (χ4n) is 2.35. The number of anilines is 1. The Morgan fingerprint density at radius 2 is 1.56 bits per heavy atom. The Labute approximate surface area is 147 Å². The number of nitrogens with one attached hydrogen (secondary N) is 1. The third kappa shape index (κ3) is 4.16. The number of aromatic nitrogens is 1. The van der Waals surface area contributed by atoms with Crippen molar-refractivity contribution in [3.63, 3.8) is 0 Å². The predicted molar refractivity (Wildman–Crippen MR) is 98.1 cm³/mol. The first kappa shape index (κ1) is 17.0. The van der Waals surface area contributed by atoms with Crippen LogP contribution in [0.3, 0.4) is 0 Å². The molecule has 3 rings (SSSR count). The van der Waals surface area contributed by atoms with E-state index < -0.39 is 10.0 Å². The van der Waals surface area contributed by atoms with E-state index in [1.165, 1.54) is 0 Å². The zero-order chi connectivity index (χ0) is 17.7. The molecular weight excluding hydrogens is 336 g/mol. The van der Waals surface area contributed by atoms with Crippen molar-refractivity contribution < 1.29 is 13.2 Å². The molecule has 1 heterocycles. The topological polar surface area (TPSA) is 68.3 Å². The molecule has 1 N–H and O–H groups in total. The highest BCUT2D eigenvalue weighted by Crippen LogP contribution is 2.22. The summed E-state index contributed by atoms with van der Waals surface area (Å²) in [6, 6.07) is 21.5. The van der Waals surface area contributed by atoms with Gasteiger partial charge in [0.15, 0.2) is 0 Å². The van der Waals surface area contributed by atoms with Crippen molar-refractivity contribution in [3.05, 3.63) is 72.8 Å². The summed E-state index contributed by atoms with van der Waals surface area (Å²) in [4.78, 5) is 4.30. The average molecular weight is 354 g/mol. The second-order valence-corrected chi connectivity index (χ2v) is 6.97. The number of benzene rings is 2. The highest BCUT2D eigenvalue weighted by atomic mass is 32.2. The average Bonchev–Trinajstić information content (AvgIpc) is 2.63. The third-order valence-corrected chi connectivity index (χ3v) is 4.90. The van der Waals surface area contributed by atoms with E-state index in [2.05, 4.69) is 9.71 Å². The van der Waals surface area contributed by atoms with Crippen LogP contribution in [0.5, 0.6) is 5.88 Å². The molecule has 0 amide bonds. The summed E-state index contributed by atoms with van der Waals surface area (Å²) in [7, 11) is -3.71. The van der Waals surface area contributed by atoms with Gasteiger partial charge in [-0.2, -0.15) is 4.98 Å². The van der Waals surface area contributed by atoms with Crippen LogP contribution in [0, 0.1) is 0 Å². The molecule has 0 fully saturated rings. The molecule has 128 valence electrons. The Bertz CT molecular complexity index is 940. The number of ether oxygens (including phenoxy) is 1. The Kier molecular flexibility index (Phi) is 5.00. The molecule has 0 spiro atoms. The van der Waals surface area contributed by atoms with Gasteiger partial charge < -0.3 is 4.74 Å². The first-order chi connectivity index (χ1) is 12.1. The molecule has 6 heteroatoms. The molecule has 5 nitrogen and oxygen atoms in total. The van der Waals surface area contributed by atoms with E-state index in [0.717, 1.165) is 11.1 Å². The van der Waals surface area contributed by atoms with E-state index in [0.29, 0.717) is 12.5 Å². The van der Waals surface area contributed by atoms with E-state index in [-0.39, 0.29) is 10.7 Å². The van der Waals surface area contributed by atoms with Crippen LogP contribution < -0.4 is 9.46 Å². The fourth-order valence-corrected chi connectivity index (χ4v) is 3.35. The Hall–Kier alpha value is -2.86. The lowest BCUT2D eigenvalue weighted by Gasteiger charge is -2.09. The zero-order valence-electron chi connectivity index (χ0n) is 13.7. The molecule has 25 heavy (non-hydrogen) atoms. The van der Waals surface area contributed by atoms with E-state index in [4.69, 9.17) is 4.74 Å². The molecule has 0 aliphatic rings. The van der Waals surface area contributed by atoms with Crippen LogP contribution >= 0.6 is 0 Å². The van der Waals surface area contributed by atoms with Crippen LogP contribution in [0.15, 0.2) is 77.7 Å². The van der Waals surface area contributed by atoms with Crippen molar-refractivity contribution in [2.45, 2.75) is 11.8 Å². The minimum atomic E-state index is -3.71.